The predicted octanol–water partition coefficient (Wildman–Crippen LogP) is 8.70. The topological polar surface area (TPSA) is 276 Å². The highest BCUT2D eigenvalue weighted by Gasteiger charge is 2.54. The van der Waals surface area contributed by atoms with Gasteiger partial charge in [-0.1, -0.05) is 149 Å². The van der Waals surface area contributed by atoms with Crippen molar-refractivity contribution in [3.63, 3.8) is 0 Å². The van der Waals surface area contributed by atoms with E-state index in [1.807, 2.05) is 30.4 Å². The Morgan fingerprint density at radius 3 is 1.50 bits per heavy atom. The van der Waals surface area contributed by atoms with Crippen LogP contribution < -0.4 is 0 Å². The van der Waals surface area contributed by atoms with Crippen LogP contribution in [0.4, 0.5) is 0 Å². The van der Waals surface area contributed by atoms with Crippen LogP contribution in [0.25, 0.3) is 0 Å². The average Bonchev–Trinajstić information content (AvgIpc) is 3.31. The minimum absolute atomic E-state index is 0.126. The lowest BCUT2D eigenvalue weighted by Crippen LogP contribution is -2.64. The Morgan fingerprint density at radius 2 is 1.00 bits per heavy atom. The smallest absolute Gasteiger partial charge is 0.462 e. The predicted molar refractivity (Wildman–Crippen MR) is 270 cm³/mol. The number of phosphoric acid groups is 2. The van der Waals surface area contributed by atoms with Gasteiger partial charge in [-0.15, -0.1) is 0 Å². The third-order valence-corrected chi connectivity index (χ3v) is 11.9. The molecule has 0 amide bonds. The Bertz CT molecular complexity index is 1780. The monoisotopic (exact) mass is 1030 g/mol. The number of carbonyl (C=O) groups excluding carboxylic acids is 2. The van der Waals surface area contributed by atoms with Crippen molar-refractivity contribution in [1.29, 1.82) is 0 Å². The molecule has 1 saturated carbocycles. The number of rotatable bonds is 39. The van der Waals surface area contributed by atoms with Gasteiger partial charge in [0.25, 0.3) is 0 Å². The zero-order valence-corrected chi connectivity index (χ0v) is 42.8. The summed E-state index contributed by atoms with van der Waals surface area (Å²) < 4.78 is 49.2. The number of ether oxygens (including phenoxy) is 2. The fourth-order valence-corrected chi connectivity index (χ4v) is 8.12. The van der Waals surface area contributed by atoms with E-state index in [4.69, 9.17) is 18.5 Å². The lowest BCUT2D eigenvalue weighted by atomic mass is 9.85. The average molecular weight is 1030 g/mol. The lowest BCUT2D eigenvalue weighted by Gasteiger charge is -2.43. The standard InChI is InChI=1S/C51H82O17P2/c1-3-5-7-9-11-13-15-17-18-19-20-21-22-24-26-28-30-32-34-38-45(54)66-43(41-65-70(62,63)68-51-48(57)46(55)47(56)50(49(51)58)67-69(59,60)61)40-64-44(53)39-35-37-42(52)36-33-31-29-27-25-23-16-14-12-10-8-6-4-2/h11-14,17-18,20-21,23-26,29-33,36,42-43,46-52,55-58H,3-10,15-16,19,22,27-28,34-35,37-41H2,1-2H3,(H,62,63)(H2,59,60,61)/b13-11-,14-12-,18-17-,21-20-,25-23-,26-24-,31-29-,32-30-,36-33+/t42-,43-,46?,47?,48?,49?,50-,51+/m1/s1. The first kappa shape index (κ1) is 64.6. The molecule has 398 valence electrons. The number of allylic oxidation sites excluding steroid dienone is 17. The van der Waals surface area contributed by atoms with E-state index in [2.05, 4.69) is 79.1 Å². The Hall–Kier alpha value is -3.38. The molecular formula is C51H82O17P2. The maximum atomic E-state index is 13.0. The van der Waals surface area contributed by atoms with Gasteiger partial charge in [-0.25, -0.2) is 9.13 Å². The fraction of sp³-hybridized carbons (Fsp3) is 0.608. The van der Waals surface area contributed by atoms with Gasteiger partial charge in [-0.05, 0) is 83.5 Å². The van der Waals surface area contributed by atoms with Gasteiger partial charge in [0.15, 0.2) is 6.10 Å². The van der Waals surface area contributed by atoms with Gasteiger partial charge in [0.1, 0.15) is 43.2 Å². The maximum Gasteiger partial charge on any atom is 0.472 e. The van der Waals surface area contributed by atoms with Gasteiger partial charge in [0.05, 0.1) is 12.7 Å². The first-order valence-electron chi connectivity index (χ1n) is 24.5. The van der Waals surface area contributed by atoms with Gasteiger partial charge >= 0.3 is 27.6 Å². The Balaban J connectivity index is 2.72. The number of esters is 2. The van der Waals surface area contributed by atoms with E-state index in [0.717, 1.165) is 44.9 Å². The number of phosphoric ester groups is 2. The highest BCUT2D eigenvalue weighted by atomic mass is 31.2. The largest absolute Gasteiger partial charge is 0.472 e. The molecule has 0 aromatic carbocycles. The van der Waals surface area contributed by atoms with E-state index < -0.39 is 89.6 Å². The normalized spacial score (nSPS) is 22.4. The first-order valence-corrected chi connectivity index (χ1v) is 27.6. The number of hydrogen-bond donors (Lipinski definition) is 8. The van der Waals surface area contributed by atoms with Gasteiger partial charge in [-0.2, -0.15) is 0 Å². The molecule has 0 aliphatic heterocycles. The van der Waals surface area contributed by atoms with Crippen molar-refractivity contribution in [1.82, 2.24) is 0 Å². The summed E-state index contributed by atoms with van der Waals surface area (Å²) in [5, 5.41) is 51.6. The van der Waals surface area contributed by atoms with Crippen LogP contribution in [0.1, 0.15) is 136 Å². The van der Waals surface area contributed by atoms with Crippen molar-refractivity contribution in [3.05, 3.63) is 109 Å². The number of aliphatic hydroxyl groups excluding tert-OH is 5. The van der Waals surface area contributed by atoms with E-state index in [1.54, 1.807) is 18.2 Å². The molecule has 0 bridgehead atoms. The van der Waals surface area contributed by atoms with Crippen LogP contribution >= 0.6 is 15.6 Å². The maximum absolute atomic E-state index is 13.0. The van der Waals surface area contributed by atoms with Crippen LogP contribution in [0.2, 0.25) is 0 Å². The molecule has 1 aliphatic carbocycles. The number of aliphatic hydroxyl groups is 5. The second kappa shape index (κ2) is 40.1. The van der Waals surface area contributed by atoms with E-state index in [9.17, 15) is 58.9 Å². The summed E-state index contributed by atoms with van der Waals surface area (Å²) in [6.45, 7) is 2.81. The third kappa shape index (κ3) is 34.1. The molecular weight excluding hydrogens is 946 g/mol. The molecule has 0 radical (unpaired) electrons. The van der Waals surface area contributed by atoms with Crippen molar-refractivity contribution < 1.29 is 82.0 Å². The van der Waals surface area contributed by atoms with Gasteiger partial charge < -0.3 is 49.7 Å². The highest BCUT2D eigenvalue weighted by molar-refractivity contribution is 7.47. The van der Waals surface area contributed by atoms with Gasteiger partial charge in [-0.3, -0.25) is 23.2 Å². The zero-order valence-electron chi connectivity index (χ0n) is 41.0. The van der Waals surface area contributed by atoms with Crippen molar-refractivity contribution in [2.45, 2.75) is 185 Å². The number of unbranched alkanes of at least 4 members (excludes halogenated alkanes) is 6. The molecule has 17 nitrogen and oxygen atoms in total. The summed E-state index contributed by atoms with van der Waals surface area (Å²) >= 11 is 0. The Labute approximate surface area is 415 Å². The molecule has 70 heavy (non-hydrogen) atoms. The molecule has 0 heterocycles. The molecule has 1 rings (SSSR count). The zero-order chi connectivity index (χ0) is 51.9. The molecule has 0 aromatic rings. The van der Waals surface area contributed by atoms with E-state index in [0.29, 0.717) is 6.42 Å². The molecule has 8 N–H and O–H groups in total. The summed E-state index contributed by atoms with van der Waals surface area (Å²) in [7, 11) is -10.8. The minimum atomic E-state index is -5.40. The first-order chi connectivity index (χ1) is 33.5. The van der Waals surface area contributed by atoms with Gasteiger partial charge in [0, 0.05) is 12.8 Å². The number of carbonyl (C=O) groups is 2. The molecule has 0 spiro atoms. The summed E-state index contributed by atoms with van der Waals surface area (Å²) in [6, 6.07) is 0. The van der Waals surface area contributed by atoms with Crippen molar-refractivity contribution in [3.8, 4) is 0 Å². The van der Waals surface area contributed by atoms with Crippen LogP contribution in [0.3, 0.4) is 0 Å². The van der Waals surface area contributed by atoms with Crippen LogP contribution in [-0.2, 0) is 41.8 Å². The second-order valence-corrected chi connectivity index (χ2v) is 19.3. The highest BCUT2D eigenvalue weighted by Crippen LogP contribution is 2.49. The molecule has 1 fully saturated rings. The van der Waals surface area contributed by atoms with Crippen molar-refractivity contribution >= 4 is 27.6 Å². The van der Waals surface area contributed by atoms with E-state index in [-0.39, 0.29) is 32.1 Å². The fourth-order valence-electron chi connectivity index (χ4n) is 6.58. The summed E-state index contributed by atoms with van der Waals surface area (Å²) in [4.78, 5) is 54.3. The molecule has 9 atom stereocenters. The molecule has 0 saturated heterocycles. The lowest BCUT2D eigenvalue weighted by molar-refractivity contribution is -0.216. The molecule has 1 aliphatic rings. The van der Waals surface area contributed by atoms with Crippen molar-refractivity contribution in [2.75, 3.05) is 13.2 Å². The summed E-state index contributed by atoms with van der Waals surface area (Å²) in [5.41, 5.74) is 0. The molecule has 19 heteroatoms. The second-order valence-electron chi connectivity index (χ2n) is 16.7. The molecule has 0 aromatic heterocycles. The number of hydrogen-bond acceptors (Lipinski definition) is 14. The van der Waals surface area contributed by atoms with Crippen LogP contribution in [0, 0.1) is 0 Å². The van der Waals surface area contributed by atoms with Gasteiger partial charge in [0.2, 0.25) is 0 Å². The minimum Gasteiger partial charge on any atom is -0.462 e. The van der Waals surface area contributed by atoms with E-state index >= 15 is 0 Å². The van der Waals surface area contributed by atoms with Crippen LogP contribution in [0.15, 0.2) is 109 Å². The van der Waals surface area contributed by atoms with Crippen molar-refractivity contribution in [2.24, 2.45) is 0 Å². The Kier molecular flexibility index (Phi) is 37.1. The third-order valence-electron chi connectivity index (χ3n) is 10.4. The molecule has 5 unspecified atom stereocenters. The summed E-state index contributed by atoms with van der Waals surface area (Å²) in [6.07, 6.45) is 35.0. The van der Waals surface area contributed by atoms with E-state index in [1.165, 1.54) is 38.5 Å². The Morgan fingerprint density at radius 1 is 0.529 bits per heavy atom. The van der Waals surface area contributed by atoms with Crippen LogP contribution in [-0.4, -0.2) is 114 Å². The SMILES string of the molecule is CCCCC/C=C\C/C=C\C/C=C\C=C\[C@@H](O)CCCC(=O)OC[C@H](COP(=O)(O)O[C@H]1C(O)C(O)C(O)[C@@H](OP(=O)(O)O)C1O)OC(=O)CC/C=C\C/C=C\C/C=C\C/C=C\C/C=C\CCCCC. The van der Waals surface area contributed by atoms with Crippen LogP contribution in [0.5, 0.6) is 0 Å². The quantitative estimate of drug-likeness (QED) is 0.00940. The summed E-state index contributed by atoms with van der Waals surface area (Å²) in [5.74, 6) is -1.52.